The van der Waals surface area contributed by atoms with Crippen LogP contribution in [0.1, 0.15) is 16.8 Å². The number of para-hydroxylation sites is 1. The molecule has 5 nitrogen and oxygen atoms in total. The lowest BCUT2D eigenvalue weighted by Crippen LogP contribution is -2.36. The van der Waals surface area contributed by atoms with Crippen molar-refractivity contribution in [2.24, 2.45) is 0 Å². The maximum absolute atomic E-state index is 12.7. The van der Waals surface area contributed by atoms with E-state index in [0.29, 0.717) is 15.7 Å². The molecule has 0 saturated carbocycles. The number of nitrogens with zero attached hydrogens (tertiary/aromatic N) is 2. The Morgan fingerprint density at radius 1 is 1.07 bits per heavy atom. The van der Waals surface area contributed by atoms with Gasteiger partial charge in [-0.05, 0) is 49.2 Å². The molecule has 1 N–H and O–H groups in total. The molecule has 3 aromatic rings. The van der Waals surface area contributed by atoms with E-state index in [1.165, 1.54) is 4.90 Å². The third kappa shape index (κ3) is 4.86. The summed E-state index contributed by atoms with van der Waals surface area (Å²) in [5.41, 5.74) is 4.19. The molecule has 2 aromatic carbocycles. The van der Waals surface area contributed by atoms with Gasteiger partial charge < -0.3 is 10.2 Å². The van der Waals surface area contributed by atoms with Crippen LogP contribution in [0.5, 0.6) is 0 Å². The molecule has 29 heavy (non-hydrogen) atoms. The van der Waals surface area contributed by atoms with Gasteiger partial charge in [0.1, 0.15) is 0 Å². The van der Waals surface area contributed by atoms with Crippen LogP contribution in [0.3, 0.4) is 0 Å². The van der Waals surface area contributed by atoms with Crippen LogP contribution >= 0.6 is 23.2 Å². The van der Waals surface area contributed by atoms with Gasteiger partial charge in [0, 0.05) is 23.8 Å². The van der Waals surface area contributed by atoms with Gasteiger partial charge in [0.15, 0.2) is 0 Å². The predicted octanol–water partition coefficient (Wildman–Crippen LogP) is 4.80. The summed E-state index contributed by atoms with van der Waals surface area (Å²) in [7, 11) is 1.61. The second-order valence-corrected chi connectivity index (χ2v) is 7.74. The third-order valence-corrected chi connectivity index (χ3v) is 5.56. The molecule has 0 spiro atoms. The monoisotopic (exact) mass is 429 g/mol. The second-order valence-electron chi connectivity index (χ2n) is 6.92. The highest BCUT2D eigenvalue weighted by atomic mass is 35.5. The first-order chi connectivity index (χ1) is 13.8. The van der Waals surface area contributed by atoms with Crippen molar-refractivity contribution in [3.63, 3.8) is 0 Å². The topological polar surface area (TPSA) is 62.3 Å². The SMILES string of the molecule is Cc1nc2ccccc2c(C)c1CC(=O)N(C)CC(=O)Nc1ccc(Cl)c(Cl)c1. The molecule has 0 saturated heterocycles. The molecule has 0 fully saturated rings. The molecule has 0 aliphatic rings. The van der Waals surface area contributed by atoms with Crippen LogP contribution in [0.4, 0.5) is 5.69 Å². The number of rotatable bonds is 5. The van der Waals surface area contributed by atoms with Crippen LogP contribution in [-0.2, 0) is 16.0 Å². The highest BCUT2D eigenvalue weighted by molar-refractivity contribution is 6.42. The minimum Gasteiger partial charge on any atom is -0.336 e. The number of nitrogens with one attached hydrogen (secondary N) is 1. The van der Waals surface area contributed by atoms with Crippen LogP contribution in [0.15, 0.2) is 42.5 Å². The number of fused-ring (bicyclic) bond motifs is 1. The number of amides is 2. The first-order valence-corrected chi connectivity index (χ1v) is 9.85. The Hall–Kier alpha value is -2.63. The van der Waals surface area contributed by atoms with Crippen molar-refractivity contribution >= 4 is 51.6 Å². The Morgan fingerprint density at radius 3 is 2.52 bits per heavy atom. The summed E-state index contributed by atoms with van der Waals surface area (Å²) in [5, 5.41) is 4.51. The molecule has 0 bridgehead atoms. The molecule has 1 aromatic heterocycles. The van der Waals surface area contributed by atoms with Crippen molar-refractivity contribution in [3.05, 3.63) is 69.3 Å². The largest absolute Gasteiger partial charge is 0.336 e. The van der Waals surface area contributed by atoms with E-state index < -0.39 is 0 Å². The number of aryl methyl sites for hydroxylation is 2. The van der Waals surface area contributed by atoms with Gasteiger partial charge >= 0.3 is 0 Å². The van der Waals surface area contributed by atoms with E-state index in [2.05, 4.69) is 10.3 Å². The van der Waals surface area contributed by atoms with Crippen LogP contribution in [-0.4, -0.2) is 35.3 Å². The van der Waals surface area contributed by atoms with E-state index in [9.17, 15) is 9.59 Å². The molecule has 3 rings (SSSR count). The Labute approximate surface area is 179 Å². The van der Waals surface area contributed by atoms with E-state index in [1.54, 1.807) is 25.2 Å². The zero-order chi connectivity index (χ0) is 21.1. The van der Waals surface area contributed by atoms with Crippen molar-refractivity contribution in [1.82, 2.24) is 9.88 Å². The summed E-state index contributed by atoms with van der Waals surface area (Å²) >= 11 is 11.8. The van der Waals surface area contributed by atoms with Crippen LogP contribution in [0.25, 0.3) is 10.9 Å². The number of halogens is 2. The van der Waals surface area contributed by atoms with Gasteiger partial charge in [-0.15, -0.1) is 0 Å². The Bertz CT molecular complexity index is 1100. The molecule has 0 aliphatic carbocycles. The molecule has 2 amide bonds. The summed E-state index contributed by atoms with van der Waals surface area (Å²) < 4.78 is 0. The highest BCUT2D eigenvalue weighted by Crippen LogP contribution is 2.25. The maximum atomic E-state index is 12.7. The fraction of sp³-hybridized carbons (Fsp3) is 0.227. The molecule has 0 aliphatic heterocycles. The average Bonchev–Trinajstić information content (AvgIpc) is 2.67. The van der Waals surface area contributed by atoms with Crippen molar-refractivity contribution in [3.8, 4) is 0 Å². The van der Waals surface area contributed by atoms with Gasteiger partial charge in [-0.25, -0.2) is 0 Å². The number of pyridine rings is 1. The number of anilines is 1. The molecular weight excluding hydrogens is 409 g/mol. The van der Waals surface area contributed by atoms with Crippen molar-refractivity contribution in [2.75, 3.05) is 18.9 Å². The number of carbonyl (C=O) groups excluding carboxylic acids is 2. The fourth-order valence-corrected chi connectivity index (χ4v) is 3.49. The Kier molecular flexibility index (Phi) is 6.40. The summed E-state index contributed by atoms with van der Waals surface area (Å²) in [6.45, 7) is 3.83. The Balaban J connectivity index is 1.68. The Morgan fingerprint density at radius 2 is 1.79 bits per heavy atom. The number of aromatic nitrogens is 1. The number of carbonyl (C=O) groups is 2. The van der Waals surface area contributed by atoms with Gasteiger partial charge in [0.05, 0.1) is 28.5 Å². The van der Waals surface area contributed by atoms with E-state index in [0.717, 1.165) is 27.7 Å². The molecule has 0 radical (unpaired) electrons. The van der Waals surface area contributed by atoms with Crippen LogP contribution in [0.2, 0.25) is 10.0 Å². The van der Waals surface area contributed by atoms with Crippen LogP contribution in [0, 0.1) is 13.8 Å². The summed E-state index contributed by atoms with van der Waals surface area (Å²) in [4.78, 5) is 31.0. The predicted molar refractivity (Wildman–Crippen MR) is 118 cm³/mol. The first kappa shape index (κ1) is 21.1. The quantitative estimate of drug-likeness (QED) is 0.633. The van der Waals surface area contributed by atoms with Crippen molar-refractivity contribution in [2.45, 2.75) is 20.3 Å². The first-order valence-electron chi connectivity index (χ1n) is 9.10. The van der Waals surface area contributed by atoms with Gasteiger partial charge in [-0.1, -0.05) is 41.4 Å². The molecule has 0 unspecified atom stereocenters. The lowest BCUT2D eigenvalue weighted by molar-refractivity contribution is -0.132. The molecule has 150 valence electrons. The third-order valence-electron chi connectivity index (χ3n) is 4.82. The molecule has 1 heterocycles. The zero-order valence-electron chi connectivity index (χ0n) is 16.4. The number of benzene rings is 2. The average molecular weight is 430 g/mol. The van der Waals surface area contributed by atoms with Gasteiger partial charge in [0.2, 0.25) is 11.8 Å². The smallest absolute Gasteiger partial charge is 0.243 e. The number of likely N-dealkylation sites (N-methyl/N-ethyl adjacent to an activating group) is 1. The lowest BCUT2D eigenvalue weighted by Gasteiger charge is -2.19. The van der Waals surface area contributed by atoms with Crippen molar-refractivity contribution < 1.29 is 9.59 Å². The standard InChI is InChI=1S/C22H21Cl2N3O2/c1-13-16-6-4-5-7-20(16)25-14(2)17(13)11-22(29)27(3)12-21(28)26-15-8-9-18(23)19(24)10-15/h4-10H,11-12H2,1-3H3,(H,26,28). The van der Waals surface area contributed by atoms with Crippen LogP contribution < -0.4 is 5.32 Å². The fourth-order valence-electron chi connectivity index (χ4n) is 3.19. The number of hydrogen-bond acceptors (Lipinski definition) is 3. The molecule has 0 atom stereocenters. The minimum atomic E-state index is -0.315. The summed E-state index contributed by atoms with van der Waals surface area (Å²) in [5.74, 6) is -0.470. The lowest BCUT2D eigenvalue weighted by atomic mass is 9.99. The van der Waals surface area contributed by atoms with Gasteiger partial charge in [-0.3, -0.25) is 14.6 Å². The van der Waals surface area contributed by atoms with E-state index in [4.69, 9.17) is 23.2 Å². The molecule has 7 heteroatoms. The normalized spacial score (nSPS) is 10.8. The van der Waals surface area contributed by atoms with Gasteiger partial charge in [0.25, 0.3) is 0 Å². The maximum Gasteiger partial charge on any atom is 0.243 e. The minimum absolute atomic E-state index is 0.0712. The van der Waals surface area contributed by atoms with Crippen molar-refractivity contribution in [1.29, 1.82) is 0 Å². The van der Waals surface area contributed by atoms with E-state index in [-0.39, 0.29) is 24.8 Å². The number of hydrogen-bond donors (Lipinski definition) is 1. The second kappa shape index (κ2) is 8.80. The van der Waals surface area contributed by atoms with E-state index >= 15 is 0 Å². The van der Waals surface area contributed by atoms with E-state index in [1.807, 2.05) is 38.1 Å². The summed E-state index contributed by atoms with van der Waals surface area (Å²) in [6, 6.07) is 12.7. The summed E-state index contributed by atoms with van der Waals surface area (Å²) in [6.07, 6.45) is 0.187. The highest BCUT2D eigenvalue weighted by Gasteiger charge is 2.18. The zero-order valence-corrected chi connectivity index (χ0v) is 17.9. The van der Waals surface area contributed by atoms with Gasteiger partial charge in [-0.2, -0.15) is 0 Å². The molecular formula is C22H21Cl2N3O2.